The van der Waals surface area contributed by atoms with Gasteiger partial charge in [0.05, 0.1) is 12.5 Å². The molecule has 0 aliphatic rings. The molecule has 1 aromatic heterocycles. The summed E-state index contributed by atoms with van der Waals surface area (Å²) in [5.41, 5.74) is -0.168. The van der Waals surface area contributed by atoms with Gasteiger partial charge in [0.2, 0.25) is 5.88 Å². The number of aryl methyl sites for hydroxylation is 1. The first kappa shape index (κ1) is 26.9. The first-order valence-corrected chi connectivity index (χ1v) is 11.6. The number of hydrogen-bond donors (Lipinski definition) is 3. The molecule has 3 N–H and O–H groups in total. The lowest BCUT2D eigenvalue weighted by Crippen LogP contribution is -2.45. The lowest BCUT2D eigenvalue weighted by molar-refractivity contribution is -0.137. The molecule has 0 aliphatic heterocycles. The highest BCUT2D eigenvalue weighted by atomic mass is 19.1. The van der Waals surface area contributed by atoms with Gasteiger partial charge in [-0.25, -0.2) is 4.39 Å². The van der Waals surface area contributed by atoms with Crippen LogP contribution in [0.25, 0.3) is 5.69 Å². The van der Waals surface area contributed by atoms with Gasteiger partial charge in [-0.05, 0) is 37.0 Å². The van der Waals surface area contributed by atoms with Crippen molar-refractivity contribution in [2.75, 3.05) is 6.61 Å². The number of carboxylic acids is 1. The van der Waals surface area contributed by atoms with E-state index in [0.717, 1.165) is 10.2 Å². The van der Waals surface area contributed by atoms with Gasteiger partial charge in [-0.3, -0.25) is 9.59 Å². The lowest BCUT2D eigenvalue weighted by atomic mass is 9.78. The van der Waals surface area contributed by atoms with Crippen LogP contribution in [0.5, 0.6) is 5.88 Å². The van der Waals surface area contributed by atoms with Crippen molar-refractivity contribution in [1.29, 1.82) is 0 Å². The average Bonchev–Trinajstić information content (AvgIpc) is 3.21. The summed E-state index contributed by atoms with van der Waals surface area (Å²) in [5, 5.41) is 27.2. The summed E-state index contributed by atoms with van der Waals surface area (Å²) in [7, 11) is 0. The van der Waals surface area contributed by atoms with Crippen molar-refractivity contribution in [2.24, 2.45) is 5.41 Å². The standard InChI is InChI=1S/C27H32FN3O5/c1-17-10-12-18(13-11-17)20(15-24(32)33)29-25(34)21-14-23(36-16-27(5,35)26(2,3)4)31(30-21)22-9-7-6-8-19(22)28/h6-14,20,35H,15-16H2,1-5H3,(H,29,34)(H,32,33). The number of aromatic nitrogens is 2. The van der Waals surface area contributed by atoms with Gasteiger partial charge in [-0.2, -0.15) is 9.78 Å². The van der Waals surface area contributed by atoms with Gasteiger partial charge >= 0.3 is 5.97 Å². The third kappa shape index (κ3) is 6.28. The largest absolute Gasteiger partial charge is 0.481 e. The fraction of sp³-hybridized carbons (Fsp3) is 0.370. The molecule has 8 nitrogen and oxygen atoms in total. The molecule has 2 aromatic carbocycles. The molecule has 0 radical (unpaired) electrons. The van der Waals surface area contributed by atoms with Crippen LogP contribution in [0.1, 0.15) is 61.8 Å². The SMILES string of the molecule is Cc1ccc(C(CC(=O)O)NC(=O)c2cc(OCC(C)(O)C(C)(C)C)n(-c3ccccc3F)n2)cc1. The minimum atomic E-state index is -1.24. The van der Waals surface area contributed by atoms with Crippen molar-refractivity contribution >= 4 is 11.9 Å². The molecule has 0 saturated carbocycles. The maximum Gasteiger partial charge on any atom is 0.305 e. The third-order valence-electron chi connectivity index (χ3n) is 6.27. The van der Waals surface area contributed by atoms with Gasteiger partial charge in [0.25, 0.3) is 5.91 Å². The second-order valence-corrected chi connectivity index (χ2v) is 10.1. The summed E-state index contributed by atoms with van der Waals surface area (Å²) in [5.74, 6) is -2.25. The van der Waals surface area contributed by atoms with Crippen LogP contribution in [0.3, 0.4) is 0 Å². The second-order valence-electron chi connectivity index (χ2n) is 10.1. The van der Waals surface area contributed by atoms with Crippen LogP contribution in [0, 0.1) is 18.2 Å². The molecule has 0 fully saturated rings. The van der Waals surface area contributed by atoms with E-state index in [1.54, 1.807) is 25.1 Å². The van der Waals surface area contributed by atoms with Gasteiger partial charge in [-0.15, -0.1) is 0 Å². The molecule has 0 aliphatic carbocycles. The van der Waals surface area contributed by atoms with Crippen LogP contribution in [-0.4, -0.2) is 44.1 Å². The minimum Gasteiger partial charge on any atom is -0.481 e. The van der Waals surface area contributed by atoms with E-state index in [0.29, 0.717) is 5.56 Å². The third-order valence-corrected chi connectivity index (χ3v) is 6.27. The quantitative estimate of drug-likeness (QED) is 0.403. The van der Waals surface area contributed by atoms with Crippen molar-refractivity contribution in [1.82, 2.24) is 15.1 Å². The van der Waals surface area contributed by atoms with E-state index in [1.807, 2.05) is 39.8 Å². The number of carbonyl (C=O) groups is 2. The van der Waals surface area contributed by atoms with E-state index in [9.17, 15) is 24.2 Å². The van der Waals surface area contributed by atoms with Crippen molar-refractivity contribution < 1.29 is 28.9 Å². The highest BCUT2D eigenvalue weighted by Gasteiger charge is 2.36. The summed E-state index contributed by atoms with van der Waals surface area (Å²) in [4.78, 5) is 24.6. The summed E-state index contributed by atoms with van der Waals surface area (Å²) < 4.78 is 21.6. The molecule has 1 amide bonds. The second kappa shape index (κ2) is 10.5. The zero-order valence-corrected chi connectivity index (χ0v) is 21.1. The van der Waals surface area contributed by atoms with Crippen molar-refractivity contribution in [3.63, 3.8) is 0 Å². The molecular formula is C27H32FN3O5. The topological polar surface area (TPSA) is 114 Å². The number of para-hydroxylation sites is 1. The molecule has 3 aromatic rings. The molecule has 0 bridgehead atoms. The Balaban J connectivity index is 1.95. The first-order valence-electron chi connectivity index (χ1n) is 11.6. The van der Waals surface area contributed by atoms with Gasteiger partial charge < -0.3 is 20.3 Å². The number of amides is 1. The van der Waals surface area contributed by atoms with Crippen molar-refractivity contribution in [3.8, 4) is 11.6 Å². The Kier molecular flexibility index (Phi) is 7.83. The molecule has 2 unspecified atom stereocenters. The number of halogens is 1. The van der Waals surface area contributed by atoms with E-state index in [4.69, 9.17) is 4.74 Å². The Morgan fingerprint density at radius 2 is 1.75 bits per heavy atom. The van der Waals surface area contributed by atoms with Crippen LogP contribution >= 0.6 is 0 Å². The number of ether oxygens (including phenoxy) is 1. The number of benzene rings is 2. The fourth-order valence-corrected chi connectivity index (χ4v) is 3.26. The highest BCUT2D eigenvalue weighted by Crippen LogP contribution is 2.31. The van der Waals surface area contributed by atoms with E-state index in [-0.39, 0.29) is 30.3 Å². The molecule has 2 atom stereocenters. The highest BCUT2D eigenvalue weighted by molar-refractivity contribution is 5.93. The predicted octanol–water partition coefficient (Wildman–Crippen LogP) is 4.44. The fourth-order valence-electron chi connectivity index (χ4n) is 3.26. The number of rotatable bonds is 9. The van der Waals surface area contributed by atoms with Gasteiger partial charge in [0, 0.05) is 6.07 Å². The Bertz CT molecular complexity index is 1230. The van der Waals surface area contributed by atoms with Crippen LogP contribution in [0.4, 0.5) is 4.39 Å². The average molecular weight is 498 g/mol. The maximum absolute atomic E-state index is 14.6. The summed E-state index contributed by atoms with van der Waals surface area (Å²) in [6.45, 7) is 8.97. The Morgan fingerprint density at radius 3 is 2.33 bits per heavy atom. The smallest absolute Gasteiger partial charge is 0.305 e. The number of hydrogen-bond acceptors (Lipinski definition) is 5. The number of aliphatic hydroxyl groups is 1. The first-order chi connectivity index (χ1) is 16.8. The number of carboxylic acid groups (broad SMARTS) is 1. The summed E-state index contributed by atoms with van der Waals surface area (Å²) in [6.07, 6.45) is -0.333. The molecule has 192 valence electrons. The van der Waals surface area contributed by atoms with Crippen LogP contribution < -0.4 is 10.1 Å². The minimum absolute atomic E-state index is 0.0555. The number of carbonyl (C=O) groups excluding carboxylic acids is 1. The lowest BCUT2D eigenvalue weighted by Gasteiger charge is -2.36. The van der Waals surface area contributed by atoms with E-state index in [2.05, 4.69) is 10.4 Å². The van der Waals surface area contributed by atoms with Gasteiger partial charge in [0.1, 0.15) is 23.7 Å². The Labute approximate surface area is 209 Å². The zero-order chi connectivity index (χ0) is 26.7. The number of aliphatic carboxylic acids is 1. The Morgan fingerprint density at radius 1 is 1.11 bits per heavy atom. The molecular weight excluding hydrogens is 465 g/mol. The molecule has 0 saturated heterocycles. The van der Waals surface area contributed by atoms with Gasteiger partial charge in [0.15, 0.2) is 5.69 Å². The number of nitrogens with zero attached hydrogens (tertiary/aromatic N) is 2. The normalized spacial score (nSPS) is 14.1. The summed E-state index contributed by atoms with van der Waals surface area (Å²) >= 11 is 0. The zero-order valence-electron chi connectivity index (χ0n) is 21.1. The van der Waals surface area contributed by atoms with Gasteiger partial charge in [-0.1, -0.05) is 62.7 Å². The predicted molar refractivity (Wildman–Crippen MR) is 133 cm³/mol. The van der Waals surface area contributed by atoms with E-state index < -0.39 is 34.8 Å². The number of nitrogens with one attached hydrogen (secondary N) is 1. The molecule has 1 heterocycles. The van der Waals surface area contributed by atoms with Crippen molar-refractivity contribution in [3.05, 3.63) is 77.2 Å². The molecule has 3 rings (SSSR count). The van der Waals surface area contributed by atoms with Crippen LogP contribution in [-0.2, 0) is 4.79 Å². The monoisotopic (exact) mass is 497 g/mol. The van der Waals surface area contributed by atoms with E-state index in [1.165, 1.54) is 24.3 Å². The van der Waals surface area contributed by atoms with Crippen molar-refractivity contribution in [2.45, 2.75) is 52.7 Å². The maximum atomic E-state index is 14.6. The van der Waals surface area contributed by atoms with Crippen LogP contribution in [0.15, 0.2) is 54.6 Å². The summed E-state index contributed by atoms with van der Waals surface area (Å²) in [6, 6.07) is 13.6. The molecule has 36 heavy (non-hydrogen) atoms. The van der Waals surface area contributed by atoms with Crippen LogP contribution in [0.2, 0.25) is 0 Å². The van der Waals surface area contributed by atoms with E-state index >= 15 is 0 Å². The molecule has 0 spiro atoms. The Hall–Kier alpha value is -3.72. The molecule has 9 heteroatoms.